The predicted octanol–water partition coefficient (Wildman–Crippen LogP) is -2.56. The Labute approximate surface area is 138 Å². The number of nitrogens with two attached hydrogens (primary N) is 2. The highest BCUT2D eigenvalue weighted by Gasteiger charge is 2.45. The minimum absolute atomic E-state index is 0.0394. The number of nitrogens with zero attached hydrogens (tertiary/aromatic N) is 4. The summed E-state index contributed by atoms with van der Waals surface area (Å²) >= 11 is 0. The first-order valence-corrected chi connectivity index (χ1v) is 7.36. The molecule has 4 rings (SSSR count). The van der Waals surface area contributed by atoms with Gasteiger partial charge in [0.1, 0.15) is 36.1 Å². The van der Waals surface area contributed by atoms with Gasteiger partial charge in [0.15, 0.2) is 11.9 Å². The average molecular weight is 349 g/mol. The van der Waals surface area contributed by atoms with Crippen molar-refractivity contribution in [3.05, 3.63) is 16.7 Å². The fraction of sp³-hybridized carbons (Fsp3) is 0.385. The molecule has 1 aliphatic rings. The van der Waals surface area contributed by atoms with Gasteiger partial charge in [0.25, 0.3) is 5.56 Å². The lowest BCUT2D eigenvalue weighted by Gasteiger charge is -2.18. The second-order valence-electron chi connectivity index (χ2n) is 5.71. The van der Waals surface area contributed by atoms with Crippen LogP contribution in [0.3, 0.4) is 0 Å². The highest BCUT2D eigenvalue weighted by molar-refractivity contribution is 6.09. The van der Waals surface area contributed by atoms with Gasteiger partial charge in [-0.2, -0.15) is 4.98 Å². The molecule has 0 radical (unpaired) electrons. The maximum atomic E-state index is 12.4. The van der Waals surface area contributed by atoms with Gasteiger partial charge in [-0.05, 0) is 0 Å². The molecule has 3 aromatic heterocycles. The van der Waals surface area contributed by atoms with E-state index >= 15 is 0 Å². The Kier molecular flexibility index (Phi) is 3.36. The van der Waals surface area contributed by atoms with Gasteiger partial charge in [0, 0.05) is 0 Å². The van der Waals surface area contributed by atoms with Gasteiger partial charge in [-0.15, -0.1) is 0 Å². The predicted molar refractivity (Wildman–Crippen MR) is 85.3 cm³/mol. The van der Waals surface area contributed by atoms with E-state index in [1.807, 2.05) is 0 Å². The fourth-order valence-electron chi connectivity index (χ4n) is 3.12. The monoisotopic (exact) mass is 349 g/mol. The Hall–Kier alpha value is -2.80. The quantitative estimate of drug-likeness (QED) is 0.286. The zero-order valence-electron chi connectivity index (χ0n) is 12.7. The summed E-state index contributed by atoms with van der Waals surface area (Å²) in [6.45, 7) is -0.501. The molecule has 3 aromatic rings. The summed E-state index contributed by atoms with van der Waals surface area (Å²) < 4.78 is 6.85. The summed E-state index contributed by atoms with van der Waals surface area (Å²) in [5.41, 5.74) is 11.2. The first kappa shape index (κ1) is 15.7. The topological polar surface area (TPSA) is 198 Å². The lowest BCUT2D eigenvalue weighted by molar-refractivity contribution is -0.0492. The lowest BCUT2D eigenvalue weighted by Crippen LogP contribution is -2.33. The molecular formula is C13H15N7O5. The average Bonchev–Trinajstić information content (AvgIpc) is 3.04. The third-order valence-corrected chi connectivity index (χ3v) is 4.25. The van der Waals surface area contributed by atoms with E-state index in [2.05, 4.69) is 19.9 Å². The molecule has 132 valence electrons. The molecule has 8 N–H and O–H groups in total. The van der Waals surface area contributed by atoms with Crippen molar-refractivity contribution in [3.63, 3.8) is 0 Å². The molecule has 12 nitrogen and oxygen atoms in total. The van der Waals surface area contributed by atoms with E-state index in [0.29, 0.717) is 0 Å². The largest absolute Gasteiger partial charge is 0.394 e. The van der Waals surface area contributed by atoms with E-state index in [1.54, 1.807) is 0 Å². The number of anilines is 2. The van der Waals surface area contributed by atoms with E-state index in [9.17, 15) is 20.1 Å². The first-order valence-electron chi connectivity index (χ1n) is 7.36. The maximum absolute atomic E-state index is 12.4. The molecule has 25 heavy (non-hydrogen) atoms. The minimum Gasteiger partial charge on any atom is -0.394 e. The summed E-state index contributed by atoms with van der Waals surface area (Å²) in [6.07, 6.45) is -3.71. The van der Waals surface area contributed by atoms with Crippen LogP contribution in [-0.4, -0.2) is 64.7 Å². The number of aliphatic hydroxyl groups excluding tert-OH is 3. The van der Waals surface area contributed by atoms with Gasteiger partial charge < -0.3 is 31.5 Å². The summed E-state index contributed by atoms with van der Waals surface area (Å²) in [4.78, 5) is 26.8. The number of H-pyrrole nitrogens is 1. The van der Waals surface area contributed by atoms with Crippen molar-refractivity contribution in [2.24, 2.45) is 0 Å². The van der Waals surface area contributed by atoms with Crippen LogP contribution < -0.4 is 17.0 Å². The van der Waals surface area contributed by atoms with Gasteiger partial charge in [-0.3, -0.25) is 14.3 Å². The smallest absolute Gasteiger partial charge is 0.262 e. The van der Waals surface area contributed by atoms with E-state index in [0.717, 1.165) is 0 Å². The van der Waals surface area contributed by atoms with Crippen molar-refractivity contribution in [1.29, 1.82) is 0 Å². The van der Waals surface area contributed by atoms with Crippen LogP contribution in [0.1, 0.15) is 6.23 Å². The molecule has 4 heterocycles. The van der Waals surface area contributed by atoms with Crippen LogP contribution in [0, 0.1) is 0 Å². The van der Waals surface area contributed by atoms with Crippen molar-refractivity contribution >= 4 is 33.8 Å². The number of aliphatic hydroxyl groups is 3. The number of hydrogen-bond acceptors (Lipinski definition) is 10. The standard InChI is InChI=1S/C13H15N7O5/c14-8-4-5-10(18-13(15)19-11(5)24)20(9(4)17-2-16-8)12-7(23)6(22)3(1-21)25-12/h2-3,6-7,12,21-23H,1H2,(H2,14,16,17)(H3,15,18,19,24)/t3-,6-,7-,12-/m1/s1. The molecule has 1 saturated heterocycles. The van der Waals surface area contributed by atoms with Gasteiger partial charge in [0.2, 0.25) is 5.95 Å². The second kappa shape index (κ2) is 5.35. The van der Waals surface area contributed by atoms with Crippen LogP contribution in [0.5, 0.6) is 0 Å². The van der Waals surface area contributed by atoms with Crippen molar-refractivity contribution in [2.75, 3.05) is 18.1 Å². The number of hydrogen-bond donors (Lipinski definition) is 6. The molecule has 1 aliphatic heterocycles. The highest BCUT2D eigenvalue weighted by atomic mass is 16.6. The summed E-state index contributed by atoms with van der Waals surface area (Å²) in [5.74, 6) is -0.114. The summed E-state index contributed by atoms with van der Waals surface area (Å²) in [5, 5.41) is 29.9. The molecule has 0 unspecified atom stereocenters. The van der Waals surface area contributed by atoms with Gasteiger partial charge in [-0.25, -0.2) is 9.97 Å². The Bertz CT molecular complexity index is 1030. The van der Waals surface area contributed by atoms with Crippen molar-refractivity contribution in [3.8, 4) is 0 Å². The number of ether oxygens (including phenoxy) is 1. The van der Waals surface area contributed by atoms with Crippen LogP contribution in [0.2, 0.25) is 0 Å². The molecule has 4 atom stereocenters. The van der Waals surface area contributed by atoms with Crippen molar-refractivity contribution < 1.29 is 20.1 Å². The molecule has 0 saturated carbocycles. The van der Waals surface area contributed by atoms with Gasteiger partial charge in [0.05, 0.1) is 17.4 Å². The van der Waals surface area contributed by atoms with Crippen LogP contribution in [0.15, 0.2) is 11.1 Å². The minimum atomic E-state index is -1.39. The third-order valence-electron chi connectivity index (χ3n) is 4.25. The van der Waals surface area contributed by atoms with E-state index < -0.39 is 36.7 Å². The van der Waals surface area contributed by atoms with E-state index in [1.165, 1.54) is 10.9 Å². The molecule has 12 heteroatoms. The first-order chi connectivity index (χ1) is 11.9. The summed E-state index contributed by atoms with van der Waals surface area (Å²) in [6, 6.07) is 0. The number of aromatic amines is 1. The summed E-state index contributed by atoms with van der Waals surface area (Å²) in [7, 11) is 0. The molecule has 0 aliphatic carbocycles. The second-order valence-corrected chi connectivity index (χ2v) is 5.71. The Morgan fingerprint density at radius 2 is 1.96 bits per heavy atom. The Balaban J connectivity index is 2.09. The number of nitrogens with one attached hydrogen (secondary N) is 1. The molecule has 0 amide bonds. The van der Waals surface area contributed by atoms with Crippen LogP contribution in [-0.2, 0) is 4.74 Å². The van der Waals surface area contributed by atoms with Crippen LogP contribution in [0.25, 0.3) is 22.1 Å². The van der Waals surface area contributed by atoms with E-state index in [4.69, 9.17) is 16.2 Å². The van der Waals surface area contributed by atoms with Crippen molar-refractivity contribution in [1.82, 2.24) is 24.5 Å². The number of fused-ring (bicyclic) bond motifs is 3. The molecule has 1 fully saturated rings. The third kappa shape index (κ3) is 2.09. The van der Waals surface area contributed by atoms with Crippen LogP contribution in [0.4, 0.5) is 11.8 Å². The normalized spacial score (nSPS) is 26.7. The zero-order chi connectivity index (χ0) is 17.9. The lowest BCUT2D eigenvalue weighted by atomic mass is 10.1. The Morgan fingerprint density at radius 3 is 2.64 bits per heavy atom. The van der Waals surface area contributed by atoms with E-state index in [-0.39, 0.29) is 33.8 Å². The molecule has 0 spiro atoms. The Morgan fingerprint density at radius 1 is 1.20 bits per heavy atom. The molecule has 0 aromatic carbocycles. The zero-order valence-corrected chi connectivity index (χ0v) is 12.7. The molecule has 0 bridgehead atoms. The van der Waals surface area contributed by atoms with Gasteiger partial charge in [-0.1, -0.05) is 0 Å². The fourth-order valence-corrected chi connectivity index (χ4v) is 3.12. The highest BCUT2D eigenvalue weighted by Crippen LogP contribution is 2.36. The SMILES string of the molecule is Nc1nc2c(c(=O)[nH]1)c1c(N)ncnc1n2[C@@H]1O[C@H](CO)[C@@H](O)[C@H]1O. The van der Waals surface area contributed by atoms with Crippen molar-refractivity contribution in [2.45, 2.75) is 24.5 Å². The number of nitrogen functional groups attached to an aromatic ring is 2. The number of aromatic nitrogens is 5. The maximum Gasteiger partial charge on any atom is 0.262 e. The molecular weight excluding hydrogens is 334 g/mol. The van der Waals surface area contributed by atoms with Gasteiger partial charge >= 0.3 is 0 Å². The van der Waals surface area contributed by atoms with Crippen LogP contribution >= 0.6 is 0 Å². The number of rotatable bonds is 2.